The van der Waals surface area contributed by atoms with Crippen LogP contribution in [0.5, 0.6) is 0 Å². The molecule has 0 amide bonds. The first-order valence-corrected chi connectivity index (χ1v) is 3.56. The highest BCUT2D eigenvalue weighted by molar-refractivity contribution is 9.09. The van der Waals surface area contributed by atoms with E-state index in [1.165, 1.54) is 0 Å². The quantitative estimate of drug-likeness (QED) is 0.582. The van der Waals surface area contributed by atoms with Crippen LogP contribution in [0, 0.1) is 0 Å². The number of ether oxygens (including phenoxy) is 1. The second-order valence-electron chi connectivity index (χ2n) is 1.42. The van der Waals surface area contributed by atoms with Crippen LogP contribution in [-0.2, 0) is 4.74 Å². The van der Waals surface area contributed by atoms with Gasteiger partial charge in [-0.25, -0.2) is 0 Å². The van der Waals surface area contributed by atoms with E-state index in [9.17, 15) is 0 Å². The van der Waals surface area contributed by atoms with E-state index in [-0.39, 0.29) is 0 Å². The van der Waals surface area contributed by atoms with Crippen LogP contribution in [0.4, 0.5) is 0 Å². The third-order valence-electron chi connectivity index (χ3n) is 0.961. The number of hydrogen-bond acceptors (Lipinski definition) is 1. The lowest BCUT2D eigenvalue weighted by atomic mass is 10.3. The van der Waals surface area contributed by atoms with Crippen molar-refractivity contribution in [3.8, 4) is 0 Å². The first-order chi connectivity index (χ1) is 3.35. The minimum absolute atomic E-state index is 0.403. The second kappa shape index (κ2) is 4.60. The smallest absolute Gasteiger partial charge is 0.0665 e. The molecule has 0 rings (SSSR count). The fourth-order valence-electron chi connectivity index (χ4n) is 0.339. The fraction of sp³-hybridized carbons (Fsp3) is 1.00. The average molecular weight is 167 g/mol. The first-order valence-electron chi connectivity index (χ1n) is 2.43. The monoisotopic (exact) mass is 166 g/mol. The van der Waals surface area contributed by atoms with E-state index in [1.807, 2.05) is 0 Å². The van der Waals surface area contributed by atoms with Crippen LogP contribution in [0.3, 0.4) is 0 Å². The number of alkyl halides is 1. The van der Waals surface area contributed by atoms with Crippen LogP contribution in [0.1, 0.15) is 13.3 Å². The molecular formula is C5H11BrO. The van der Waals surface area contributed by atoms with E-state index in [0.29, 0.717) is 6.10 Å². The SMILES string of the molecule is CCC(CBr)OC. The minimum atomic E-state index is 0.403. The van der Waals surface area contributed by atoms with E-state index >= 15 is 0 Å². The summed E-state index contributed by atoms with van der Waals surface area (Å²) in [5, 5.41) is 0.944. The van der Waals surface area contributed by atoms with Crippen LogP contribution >= 0.6 is 15.9 Å². The third kappa shape index (κ3) is 3.06. The zero-order valence-electron chi connectivity index (χ0n) is 4.78. The minimum Gasteiger partial charge on any atom is -0.381 e. The second-order valence-corrected chi connectivity index (χ2v) is 2.07. The number of rotatable bonds is 3. The van der Waals surface area contributed by atoms with Crippen LogP contribution in [-0.4, -0.2) is 18.5 Å². The lowest BCUT2D eigenvalue weighted by Gasteiger charge is -2.06. The van der Waals surface area contributed by atoms with E-state index in [2.05, 4.69) is 22.9 Å². The van der Waals surface area contributed by atoms with Crippen molar-refractivity contribution < 1.29 is 4.74 Å². The summed E-state index contributed by atoms with van der Waals surface area (Å²) >= 11 is 3.31. The van der Waals surface area contributed by atoms with E-state index < -0.39 is 0 Å². The van der Waals surface area contributed by atoms with Crippen molar-refractivity contribution in [1.82, 2.24) is 0 Å². The summed E-state index contributed by atoms with van der Waals surface area (Å²) in [5.41, 5.74) is 0. The van der Waals surface area contributed by atoms with Crippen LogP contribution in [0.15, 0.2) is 0 Å². The molecule has 0 aliphatic heterocycles. The Morgan fingerprint density at radius 3 is 2.29 bits per heavy atom. The molecular weight excluding hydrogens is 156 g/mol. The highest BCUT2D eigenvalue weighted by atomic mass is 79.9. The Hall–Kier alpha value is 0.440. The van der Waals surface area contributed by atoms with Gasteiger partial charge in [-0.1, -0.05) is 22.9 Å². The zero-order chi connectivity index (χ0) is 5.70. The molecule has 1 unspecified atom stereocenters. The van der Waals surface area contributed by atoms with Crippen molar-refractivity contribution in [2.45, 2.75) is 19.4 Å². The Bertz CT molecular complexity index is 29.6. The average Bonchev–Trinajstić information content (AvgIpc) is 1.72. The number of halogens is 1. The maximum absolute atomic E-state index is 5.00. The Labute approximate surface area is 53.2 Å². The van der Waals surface area contributed by atoms with Crippen molar-refractivity contribution in [3.05, 3.63) is 0 Å². The lowest BCUT2D eigenvalue weighted by Crippen LogP contribution is -2.09. The van der Waals surface area contributed by atoms with Crippen molar-refractivity contribution >= 4 is 15.9 Å². The molecule has 0 radical (unpaired) electrons. The van der Waals surface area contributed by atoms with Gasteiger partial charge in [0, 0.05) is 12.4 Å². The van der Waals surface area contributed by atoms with Gasteiger partial charge in [0.2, 0.25) is 0 Å². The molecule has 7 heavy (non-hydrogen) atoms. The molecule has 0 aromatic carbocycles. The third-order valence-corrected chi connectivity index (χ3v) is 1.68. The van der Waals surface area contributed by atoms with Gasteiger partial charge in [0.15, 0.2) is 0 Å². The largest absolute Gasteiger partial charge is 0.381 e. The molecule has 0 fully saturated rings. The summed E-state index contributed by atoms with van der Waals surface area (Å²) in [4.78, 5) is 0. The molecule has 0 saturated heterocycles. The molecule has 0 aliphatic rings. The van der Waals surface area contributed by atoms with Crippen LogP contribution < -0.4 is 0 Å². The molecule has 0 spiro atoms. The van der Waals surface area contributed by atoms with Gasteiger partial charge >= 0.3 is 0 Å². The Kier molecular flexibility index (Phi) is 4.88. The highest BCUT2D eigenvalue weighted by Crippen LogP contribution is 1.98. The molecule has 2 heteroatoms. The molecule has 0 heterocycles. The molecule has 0 bridgehead atoms. The molecule has 44 valence electrons. The van der Waals surface area contributed by atoms with Crippen molar-refractivity contribution in [2.24, 2.45) is 0 Å². The Balaban J connectivity index is 2.99. The predicted octanol–water partition coefficient (Wildman–Crippen LogP) is 1.81. The number of methoxy groups -OCH3 is 1. The topological polar surface area (TPSA) is 9.23 Å². The predicted molar refractivity (Wildman–Crippen MR) is 34.9 cm³/mol. The summed E-state index contributed by atoms with van der Waals surface area (Å²) in [5.74, 6) is 0. The normalized spacial score (nSPS) is 14.1. The first kappa shape index (κ1) is 7.44. The van der Waals surface area contributed by atoms with Gasteiger partial charge in [-0.15, -0.1) is 0 Å². The molecule has 0 aromatic rings. The van der Waals surface area contributed by atoms with Gasteiger partial charge in [-0.2, -0.15) is 0 Å². The van der Waals surface area contributed by atoms with E-state index in [0.717, 1.165) is 11.8 Å². The molecule has 0 aromatic heterocycles. The maximum Gasteiger partial charge on any atom is 0.0665 e. The van der Waals surface area contributed by atoms with Gasteiger partial charge in [-0.3, -0.25) is 0 Å². The summed E-state index contributed by atoms with van der Waals surface area (Å²) < 4.78 is 5.00. The zero-order valence-corrected chi connectivity index (χ0v) is 6.36. The van der Waals surface area contributed by atoms with Crippen molar-refractivity contribution in [2.75, 3.05) is 12.4 Å². The maximum atomic E-state index is 5.00. The molecule has 0 aliphatic carbocycles. The standard InChI is InChI=1S/C5H11BrO/c1-3-5(4-6)7-2/h5H,3-4H2,1-2H3. The van der Waals surface area contributed by atoms with Crippen LogP contribution in [0.25, 0.3) is 0 Å². The molecule has 1 atom stereocenters. The summed E-state index contributed by atoms with van der Waals surface area (Å²) in [6, 6.07) is 0. The summed E-state index contributed by atoms with van der Waals surface area (Å²) in [6.07, 6.45) is 1.49. The van der Waals surface area contributed by atoms with Gasteiger partial charge in [0.1, 0.15) is 0 Å². The molecule has 0 N–H and O–H groups in total. The molecule has 0 saturated carbocycles. The molecule has 1 nitrogen and oxygen atoms in total. The number of hydrogen-bond donors (Lipinski definition) is 0. The Morgan fingerprint density at radius 2 is 2.29 bits per heavy atom. The fourth-order valence-corrected chi connectivity index (χ4v) is 1.06. The summed E-state index contributed by atoms with van der Waals surface area (Å²) in [6.45, 7) is 2.11. The van der Waals surface area contributed by atoms with Crippen LogP contribution in [0.2, 0.25) is 0 Å². The van der Waals surface area contributed by atoms with E-state index in [1.54, 1.807) is 7.11 Å². The van der Waals surface area contributed by atoms with Gasteiger partial charge < -0.3 is 4.74 Å². The van der Waals surface area contributed by atoms with Gasteiger partial charge in [0.05, 0.1) is 6.10 Å². The van der Waals surface area contributed by atoms with Gasteiger partial charge in [0.25, 0.3) is 0 Å². The Morgan fingerprint density at radius 1 is 1.71 bits per heavy atom. The van der Waals surface area contributed by atoms with Crippen molar-refractivity contribution in [1.29, 1.82) is 0 Å². The van der Waals surface area contributed by atoms with Crippen molar-refractivity contribution in [3.63, 3.8) is 0 Å². The summed E-state index contributed by atoms with van der Waals surface area (Å²) in [7, 11) is 1.73. The lowest BCUT2D eigenvalue weighted by molar-refractivity contribution is 0.120. The van der Waals surface area contributed by atoms with E-state index in [4.69, 9.17) is 4.74 Å². The van der Waals surface area contributed by atoms with Gasteiger partial charge in [-0.05, 0) is 6.42 Å². The highest BCUT2D eigenvalue weighted by Gasteiger charge is 1.97.